The fraction of sp³-hybridized carbons (Fsp3) is 0.259. The van der Waals surface area contributed by atoms with Crippen molar-refractivity contribution in [2.24, 2.45) is 0 Å². The fourth-order valence-electron chi connectivity index (χ4n) is 3.62. The number of likely N-dealkylation sites (N-methyl/N-ethyl adjacent to an activating group) is 1. The van der Waals surface area contributed by atoms with E-state index >= 15 is 0 Å². The van der Waals surface area contributed by atoms with Gasteiger partial charge in [-0.1, -0.05) is 77.8 Å². The lowest BCUT2D eigenvalue weighted by Crippen LogP contribution is -2.50. The summed E-state index contributed by atoms with van der Waals surface area (Å²) in [7, 11) is 0. The van der Waals surface area contributed by atoms with Crippen molar-refractivity contribution in [2.75, 3.05) is 12.3 Å². The minimum atomic E-state index is -0.691. The minimum absolute atomic E-state index is 0.119. The van der Waals surface area contributed by atoms with E-state index in [9.17, 15) is 9.59 Å². The molecule has 0 aliphatic heterocycles. The van der Waals surface area contributed by atoms with Gasteiger partial charge in [-0.2, -0.15) is 0 Å². The van der Waals surface area contributed by atoms with Crippen LogP contribution >= 0.6 is 35.0 Å². The van der Waals surface area contributed by atoms with Crippen LogP contribution in [0.5, 0.6) is 0 Å². The molecule has 0 aliphatic rings. The minimum Gasteiger partial charge on any atom is -0.355 e. The first-order valence-corrected chi connectivity index (χ1v) is 13.0. The average Bonchev–Trinajstić information content (AvgIpc) is 2.84. The molecular weight excluding hydrogens is 487 g/mol. The molecule has 2 amide bonds. The second kappa shape index (κ2) is 13.4. The van der Waals surface area contributed by atoms with Crippen LogP contribution in [0.3, 0.4) is 0 Å². The van der Waals surface area contributed by atoms with Crippen molar-refractivity contribution < 1.29 is 9.59 Å². The van der Waals surface area contributed by atoms with Gasteiger partial charge in [0.05, 0.1) is 0 Å². The zero-order chi connectivity index (χ0) is 24.3. The van der Waals surface area contributed by atoms with Gasteiger partial charge in [0.15, 0.2) is 0 Å². The first-order valence-electron chi connectivity index (χ1n) is 11.2. The summed E-state index contributed by atoms with van der Waals surface area (Å²) in [5.41, 5.74) is 1.61. The van der Waals surface area contributed by atoms with Crippen molar-refractivity contribution >= 4 is 46.8 Å². The zero-order valence-electron chi connectivity index (χ0n) is 19.0. The lowest BCUT2D eigenvalue weighted by molar-refractivity contribution is -0.140. The van der Waals surface area contributed by atoms with E-state index < -0.39 is 6.04 Å². The molecule has 0 heterocycles. The fourth-order valence-corrected chi connectivity index (χ4v) is 5.00. The van der Waals surface area contributed by atoms with Gasteiger partial charge in [-0.3, -0.25) is 9.59 Å². The molecule has 4 nitrogen and oxygen atoms in total. The largest absolute Gasteiger partial charge is 0.355 e. The molecule has 7 heteroatoms. The van der Waals surface area contributed by atoms with Crippen LogP contribution in [-0.4, -0.2) is 35.1 Å². The van der Waals surface area contributed by atoms with Gasteiger partial charge < -0.3 is 10.2 Å². The Morgan fingerprint density at radius 3 is 2.15 bits per heavy atom. The summed E-state index contributed by atoms with van der Waals surface area (Å²) in [6, 6.07) is 24.2. The highest BCUT2D eigenvalue weighted by Crippen LogP contribution is 2.28. The number of halogens is 2. The lowest BCUT2D eigenvalue weighted by Gasteiger charge is -2.32. The van der Waals surface area contributed by atoms with Crippen molar-refractivity contribution in [3.63, 3.8) is 0 Å². The number of thioether (sulfide) groups is 1. The molecule has 0 bridgehead atoms. The number of carbonyl (C=O) groups excluding carboxylic acids is 2. The number of benzene rings is 3. The highest BCUT2D eigenvalue weighted by Gasteiger charge is 2.30. The second-order valence-electron chi connectivity index (χ2n) is 7.73. The molecule has 1 atom stereocenters. The summed E-state index contributed by atoms with van der Waals surface area (Å²) in [6.07, 6.45) is 0.679. The number of nitrogens with zero attached hydrogens (tertiary/aromatic N) is 1. The van der Waals surface area contributed by atoms with Crippen molar-refractivity contribution in [1.82, 2.24) is 10.2 Å². The van der Waals surface area contributed by atoms with Gasteiger partial charge in [-0.25, -0.2) is 0 Å². The molecule has 0 unspecified atom stereocenters. The Morgan fingerprint density at radius 2 is 1.53 bits per heavy atom. The maximum Gasteiger partial charge on any atom is 0.243 e. The molecule has 3 rings (SSSR count). The number of rotatable bonds is 11. The highest BCUT2D eigenvalue weighted by molar-refractivity contribution is 7.99. The van der Waals surface area contributed by atoms with Crippen LogP contribution in [0.1, 0.15) is 24.5 Å². The Kier molecular flexibility index (Phi) is 10.3. The Balaban J connectivity index is 1.88. The Hall–Kier alpha value is -2.47. The van der Waals surface area contributed by atoms with Gasteiger partial charge in [0.2, 0.25) is 11.8 Å². The van der Waals surface area contributed by atoms with Crippen LogP contribution in [-0.2, 0) is 22.6 Å². The standard InChI is InChI=1S/C27H28Cl2N2O2S/c1-2-30-27(33)25(18-20-10-5-3-6-11-20)31(19-22-23(28)14-9-15-24(22)29)26(32)16-17-34-21-12-7-4-8-13-21/h3-15,25H,2,16-19H2,1H3,(H,30,33)/t25-/m1/s1. The van der Waals surface area contributed by atoms with Crippen LogP contribution in [0.2, 0.25) is 10.0 Å². The van der Waals surface area contributed by atoms with Gasteiger partial charge in [0.1, 0.15) is 6.04 Å². The van der Waals surface area contributed by atoms with Gasteiger partial charge in [-0.15, -0.1) is 11.8 Å². The molecule has 0 aliphatic carbocycles. The third-order valence-corrected chi connectivity index (χ3v) is 7.06. The van der Waals surface area contributed by atoms with Gasteiger partial charge in [-0.05, 0) is 36.8 Å². The lowest BCUT2D eigenvalue weighted by atomic mass is 10.0. The molecule has 3 aromatic rings. The van der Waals surface area contributed by atoms with Crippen LogP contribution in [0.25, 0.3) is 0 Å². The van der Waals surface area contributed by atoms with Gasteiger partial charge in [0.25, 0.3) is 0 Å². The molecule has 0 aromatic heterocycles. The normalized spacial score (nSPS) is 11.6. The van der Waals surface area contributed by atoms with Gasteiger partial charge >= 0.3 is 0 Å². The molecule has 34 heavy (non-hydrogen) atoms. The molecule has 3 aromatic carbocycles. The molecule has 0 spiro atoms. The van der Waals surface area contributed by atoms with E-state index in [1.165, 1.54) is 0 Å². The van der Waals surface area contributed by atoms with E-state index in [2.05, 4.69) is 5.32 Å². The topological polar surface area (TPSA) is 49.4 Å². The van der Waals surface area contributed by atoms with Crippen LogP contribution in [0.15, 0.2) is 83.8 Å². The number of nitrogens with one attached hydrogen (secondary N) is 1. The molecule has 0 saturated heterocycles. The second-order valence-corrected chi connectivity index (χ2v) is 9.72. The van der Waals surface area contributed by atoms with Gasteiger partial charge in [0, 0.05) is 52.2 Å². The summed E-state index contributed by atoms with van der Waals surface area (Å²) in [5, 5.41) is 3.84. The number of carbonyl (C=O) groups is 2. The highest BCUT2D eigenvalue weighted by atomic mass is 35.5. The first-order chi connectivity index (χ1) is 16.5. The van der Waals surface area contributed by atoms with Crippen LogP contribution in [0, 0.1) is 0 Å². The van der Waals surface area contributed by atoms with Crippen molar-refractivity contribution in [3.05, 3.63) is 100 Å². The Labute approximate surface area is 215 Å². The average molecular weight is 516 g/mol. The summed E-state index contributed by atoms with van der Waals surface area (Å²) < 4.78 is 0. The predicted molar refractivity (Wildman–Crippen MR) is 141 cm³/mol. The maximum atomic E-state index is 13.5. The number of amides is 2. The van der Waals surface area contributed by atoms with E-state index in [-0.39, 0.29) is 24.8 Å². The summed E-state index contributed by atoms with van der Waals surface area (Å²) >= 11 is 14.5. The van der Waals surface area contributed by atoms with E-state index in [1.54, 1.807) is 34.9 Å². The monoisotopic (exact) mass is 514 g/mol. The first kappa shape index (κ1) is 26.1. The quantitative estimate of drug-likeness (QED) is 0.307. The summed E-state index contributed by atoms with van der Waals surface area (Å²) in [4.78, 5) is 29.4. The third kappa shape index (κ3) is 7.52. The third-order valence-electron chi connectivity index (χ3n) is 5.34. The maximum absolute atomic E-state index is 13.5. The number of hydrogen-bond acceptors (Lipinski definition) is 3. The van der Waals surface area contributed by atoms with Crippen molar-refractivity contribution in [1.29, 1.82) is 0 Å². The summed E-state index contributed by atoms with van der Waals surface area (Å²) in [5.74, 6) is 0.286. The molecule has 1 N–H and O–H groups in total. The Morgan fingerprint density at radius 1 is 0.912 bits per heavy atom. The molecular formula is C27H28Cl2N2O2S. The smallest absolute Gasteiger partial charge is 0.243 e. The number of hydrogen-bond donors (Lipinski definition) is 1. The van der Waals surface area contributed by atoms with E-state index in [1.807, 2.05) is 67.6 Å². The van der Waals surface area contributed by atoms with Crippen LogP contribution in [0.4, 0.5) is 0 Å². The van der Waals surface area contributed by atoms with Crippen molar-refractivity contribution in [3.8, 4) is 0 Å². The van der Waals surface area contributed by atoms with E-state index in [0.717, 1.165) is 10.5 Å². The summed E-state index contributed by atoms with van der Waals surface area (Å²) in [6.45, 7) is 2.50. The SMILES string of the molecule is CCNC(=O)[C@@H](Cc1ccccc1)N(Cc1c(Cl)cccc1Cl)C(=O)CCSc1ccccc1. The van der Waals surface area contributed by atoms with E-state index in [4.69, 9.17) is 23.2 Å². The predicted octanol–water partition coefficient (Wildman–Crippen LogP) is 6.25. The van der Waals surface area contributed by atoms with Crippen LogP contribution < -0.4 is 5.32 Å². The van der Waals surface area contributed by atoms with E-state index in [0.29, 0.717) is 34.3 Å². The zero-order valence-corrected chi connectivity index (χ0v) is 21.4. The molecule has 0 saturated carbocycles. The molecule has 0 fully saturated rings. The van der Waals surface area contributed by atoms with Crippen molar-refractivity contribution in [2.45, 2.75) is 37.2 Å². The molecule has 178 valence electrons. The molecule has 0 radical (unpaired) electrons. The Bertz CT molecular complexity index is 1060.